The summed E-state index contributed by atoms with van der Waals surface area (Å²) in [6, 6.07) is 10.1. The number of hydrogen-bond acceptors (Lipinski definition) is 2. The van der Waals surface area contributed by atoms with Crippen LogP contribution in [0.2, 0.25) is 0 Å². The minimum Gasteiger partial charge on any atom is -0.390 e. The molecular weight excluding hydrogens is 224 g/mol. The maximum Gasteiger partial charge on any atom is 0.0838 e. The van der Waals surface area contributed by atoms with Crippen LogP contribution >= 0.6 is 0 Å². The van der Waals surface area contributed by atoms with Gasteiger partial charge in [0.1, 0.15) is 0 Å². The highest BCUT2D eigenvalue weighted by molar-refractivity contribution is 5.13. The highest BCUT2D eigenvalue weighted by Gasteiger charge is 2.17. The lowest BCUT2D eigenvalue weighted by Crippen LogP contribution is -2.28. The third-order valence-corrected chi connectivity index (χ3v) is 3.05. The van der Waals surface area contributed by atoms with Crippen LogP contribution in [-0.2, 0) is 11.3 Å². The van der Waals surface area contributed by atoms with E-state index in [1.165, 1.54) is 0 Å². The number of ether oxygens (including phenoxy) is 1. The van der Waals surface area contributed by atoms with Crippen LogP contribution in [0, 0.1) is 0 Å². The standard InChI is InChI=1S/C16H24O2/c1-3-5-7-12-16(15(17)4-2)18-13-14-10-8-6-9-11-14/h3,6,8-11,15-17H,1,4-5,7,12-13H2,2H3/t15-,16-/m1/s1. The van der Waals surface area contributed by atoms with E-state index in [0.29, 0.717) is 6.61 Å². The fourth-order valence-corrected chi connectivity index (χ4v) is 1.89. The second-order valence-electron chi connectivity index (χ2n) is 4.53. The number of unbranched alkanes of at least 4 members (excludes halogenated alkanes) is 1. The Labute approximate surface area is 110 Å². The molecule has 0 amide bonds. The molecule has 1 N–H and O–H groups in total. The van der Waals surface area contributed by atoms with E-state index < -0.39 is 0 Å². The molecule has 1 aromatic carbocycles. The van der Waals surface area contributed by atoms with Gasteiger partial charge in [-0.15, -0.1) is 6.58 Å². The van der Waals surface area contributed by atoms with Crippen molar-refractivity contribution in [3.8, 4) is 0 Å². The van der Waals surface area contributed by atoms with Gasteiger partial charge in [-0.3, -0.25) is 0 Å². The Morgan fingerprint density at radius 1 is 1.33 bits per heavy atom. The van der Waals surface area contributed by atoms with Crippen LogP contribution in [0.1, 0.15) is 38.2 Å². The van der Waals surface area contributed by atoms with Gasteiger partial charge in [0.25, 0.3) is 0 Å². The molecule has 0 fully saturated rings. The van der Waals surface area contributed by atoms with Gasteiger partial charge in [-0.2, -0.15) is 0 Å². The molecule has 0 bridgehead atoms. The molecule has 0 heterocycles. The lowest BCUT2D eigenvalue weighted by Gasteiger charge is -2.22. The number of hydrogen-bond donors (Lipinski definition) is 1. The first kappa shape index (κ1) is 14.9. The van der Waals surface area contributed by atoms with Crippen molar-refractivity contribution in [3.05, 3.63) is 48.6 Å². The van der Waals surface area contributed by atoms with Gasteiger partial charge >= 0.3 is 0 Å². The monoisotopic (exact) mass is 248 g/mol. The molecule has 0 aromatic heterocycles. The van der Waals surface area contributed by atoms with Crippen molar-refractivity contribution in [1.82, 2.24) is 0 Å². The predicted molar refractivity (Wildman–Crippen MR) is 75.4 cm³/mol. The van der Waals surface area contributed by atoms with Gasteiger partial charge in [0.15, 0.2) is 0 Å². The topological polar surface area (TPSA) is 29.5 Å². The van der Waals surface area contributed by atoms with E-state index in [4.69, 9.17) is 4.74 Å². The van der Waals surface area contributed by atoms with E-state index in [1.807, 2.05) is 43.3 Å². The van der Waals surface area contributed by atoms with Crippen molar-refractivity contribution in [1.29, 1.82) is 0 Å². The quantitative estimate of drug-likeness (QED) is 0.533. The Hall–Kier alpha value is -1.12. The summed E-state index contributed by atoms with van der Waals surface area (Å²) in [7, 11) is 0. The van der Waals surface area contributed by atoms with Crippen molar-refractivity contribution in [2.24, 2.45) is 0 Å². The molecular formula is C16H24O2. The summed E-state index contributed by atoms with van der Waals surface area (Å²) in [5, 5.41) is 9.94. The van der Waals surface area contributed by atoms with E-state index in [9.17, 15) is 5.11 Å². The normalized spacial score (nSPS) is 14.1. The van der Waals surface area contributed by atoms with E-state index in [1.54, 1.807) is 0 Å². The SMILES string of the molecule is C=CCCC[C@@H](OCc1ccccc1)[C@H](O)CC. The smallest absolute Gasteiger partial charge is 0.0838 e. The largest absolute Gasteiger partial charge is 0.390 e. The zero-order chi connectivity index (χ0) is 13.2. The maximum absolute atomic E-state index is 9.94. The third-order valence-electron chi connectivity index (χ3n) is 3.05. The minimum atomic E-state index is -0.376. The molecule has 0 saturated heterocycles. The Balaban J connectivity index is 2.42. The summed E-state index contributed by atoms with van der Waals surface area (Å²) in [6.07, 6.45) is 5.06. The van der Waals surface area contributed by atoms with Crippen LogP contribution in [0.3, 0.4) is 0 Å². The van der Waals surface area contributed by atoms with Crippen LogP contribution in [0.4, 0.5) is 0 Å². The number of aliphatic hydroxyl groups is 1. The minimum absolute atomic E-state index is 0.0739. The molecule has 2 atom stereocenters. The molecule has 18 heavy (non-hydrogen) atoms. The molecule has 1 rings (SSSR count). The van der Waals surface area contributed by atoms with Gasteiger partial charge in [0.2, 0.25) is 0 Å². The summed E-state index contributed by atoms with van der Waals surface area (Å²) < 4.78 is 5.84. The number of benzene rings is 1. The molecule has 0 saturated carbocycles. The molecule has 0 unspecified atom stereocenters. The van der Waals surface area contributed by atoms with E-state index in [2.05, 4.69) is 6.58 Å². The Morgan fingerprint density at radius 3 is 2.67 bits per heavy atom. The van der Waals surface area contributed by atoms with Crippen LogP contribution in [0.15, 0.2) is 43.0 Å². The van der Waals surface area contributed by atoms with Crippen molar-refractivity contribution in [3.63, 3.8) is 0 Å². The van der Waals surface area contributed by atoms with Crippen molar-refractivity contribution in [2.75, 3.05) is 0 Å². The summed E-state index contributed by atoms with van der Waals surface area (Å²) in [6.45, 7) is 6.26. The number of aliphatic hydroxyl groups excluding tert-OH is 1. The predicted octanol–water partition coefficient (Wildman–Crippen LogP) is 3.70. The number of allylic oxidation sites excluding steroid dienone is 1. The molecule has 0 aliphatic heterocycles. The van der Waals surface area contributed by atoms with Crippen molar-refractivity contribution in [2.45, 2.75) is 51.4 Å². The molecule has 0 aliphatic rings. The fraction of sp³-hybridized carbons (Fsp3) is 0.500. The van der Waals surface area contributed by atoms with Crippen molar-refractivity contribution >= 4 is 0 Å². The molecule has 100 valence electrons. The van der Waals surface area contributed by atoms with Crippen LogP contribution in [0.5, 0.6) is 0 Å². The molecule has 0 radical (unpaired) electrons. The average Bonchev–Trinajstić information content (AvgIpc) is 2.43. The van der Waals surface area contributed by atoms with Crippen LogP contribution < -0.4 is 0 Å². The lowest BCUT2D eigenvalue weighted by molar-refractivity contribution is -0.0514. The summed E-state index contributed by atoms with van der Waals surface area (Å²) >= 11 is 0. The zero-order valence-corrected chi connectivity index (χ0v) is 11.2. The van der Waals surface area contributed by atoms with E-state index >= 15 is 0 Å². The van der Waals surface area contributed by atoms with Gasteiger partial charge in [0, 0.05) is 0 Å². The second-order valence-corrected chi connectivity index (χ2v) is 4.53. The maximum atomic E-state index is 9.94. The first-order valence-electron chi connectivity index (χ1n) is 6.72. The first-order valence-corrected chi connectivity index (χ1v) is 6.72. The molecule has 2 nitrogen and oxygen atoms in total. The highest BCUT2D eigenvalue weighted by Crippen LogP contribution is 2.14. The van der Waals surface area contributed by atoms with Gasteiger partial charge in [0.05, 0.1) is 18.8 Å². The summed E-state index contributed by atoms with van der Waals surface area (Å²) in [5.74, 6) is 0. The van der Waals surface area contributed by atoms with Gasteiger partial charge in [-0.1, -0.05) is 43.3 Å². The zero-order valence-electron chi connectivity index (χ0n) is 11.2. The molecule has 1 aromatic rings. The third kappa shape index (κ3) is 5.48. The molecule has 0 spiro atoms. The lowest BCUT2D eigenvalue weighted by atomic mass is 10.0. The van der Waals surface area contributed by atoms with E-state index in [-0.39, 0.29) is 12.2 Å². The Bertz CT molecular complexity index is 321. The average molecular weight is 248 g/mol. The van der Waals surface area contributed by atoms with Gasteiger partial charge in [-0.25, -0.2) is 0 Å². The molecule has 2 heteroatoms. The molecule has 0 aliphatic carbocycles. The Kier molecular flexibility index (Phi) is 7.38. The first-order chi connectivity index (χ1) is 8.77. The van der Waals surface area contributed by atoms with Gasteiger partial charge in [-0.05, 0) is 31.2 Å². The van der Waals surface area contributed by atoms with Crippen LogP contribution in [-0.4, -0.2) is 17.3 Å². The van der Waals surface area contributed by atoms with Gasteiger partial charge < -0.3 is 9.84 Å². The number of rotatable bonds is 9. The van der Waals surface area contributed by atoms with Crippen molar-refractivity contribution < 1.29 is 9.84 Å². The van der Waals surface area contributed by atoms with Crippen LogP contribution in [0.25, 0.3) is 0 Å². The fourth-order valence-electron chi connectivity index (χ4n) is 1.89. The Morgan fingerprint density at radius 2 is 2.06 bits per heavy atom. The second kappa shape index (κ2) is 8.90. The van der Waals surface area contributed by atoms with E-state index in [0.717, 1.165) is 31.2 Å². The highest BCUT2D eigenvalue weighted by atomic mass is 16.5. The summed E-state index contributed by atoms with van der Waals surface area (Å²) in [4.78, 5) is 0. The summed E-state index contributed by atoms with van der Waals surface area (Å²) in [5.41, 5.74) is 1.15.